The maximum Gasteiger partial charge on any atom is 0.159 e. The van der Waals surface area contributed by atoms with E-state index in [1.54, 1.807) is 5.57 Å². The first-order valence-electron chi connectivity index (χ1n) is 12.7. The predicted octanol–water partition coefficient (Wildman–Crippen LogP) is 7.84. The van der Waals surface area contributed by atoms with Crippen molar-refractivity contribution in [1.29, 1.82) is 0 Å². The van der Waals surface area contributed by atoms with Crippen molar-refractivity contribution >= 4 is 5.78 Å². The summed E-state index contributed by atoms with van der Waals surface area (Å²) in [6.07, 6.45) is 12.4. The third-order valence-corrected chi connectivity index (χ3v) is 11.7. The zero-order chi connectivity index (χ0) is 21.4. The summed E-state index contributed by atoms with van der Waals surface area (Å²) in [5.74, 6) is 3.39. The Labute approximate surface area is 180 Å². The highest BCUT2D eigenvalue weighted by Gasteiger charge is 2.67. The van der Waals surface area contributed by atoms with Crippen LogP contribution in [-0.2, 0) is 4.79 Å². The van der Waals surface area contributed by atoms with Crippen LogP contribution >= 0.6 is 0 Å². The molecule has 0 aromatic rings. The van der Waals surface area contributed by atoms with E-state index in [4.69, 9.17) is 0 Å². The monoisotopic (exact) mass is 398 g/mol. The summed E-state index contributed by atoms with van der Waals surface area (Å²) in [7, 11) is 0. The Morgan fingerprint density at radius 2 is 1.66 bits per heavy atom. The van der Waals surface area contributed by atoms with Gasteiger partial charge in [-0.3, -0.25) is 4.79 Å². The third kappa shape index (κ3) is 2.67. The van der Waals surface area contributed by atoms with Crippen LogP contribution in [0.25, 0.3) is 0 Å². The Bertz CT molecular complexity index is 720. The molecule has 0 saturated heterocycles. The molecule has 0 aromatic carbocycles. The average molecular weight is 399 g/mol. The van der Waals surface area contributed by atoms with E-state index in [1.807, 2.05) is 0 Å². The Hall–Kier alpha value is -0.590. The molecule has 29 heavy (non-hydrogen) atoms. The Balaban J connectivity index is 1.87. The molecule has 4 aliphatic rings. The van der Waals surface area contributed by atoms with Crippen molar-refractivity contribution < 1.29 is 4.79 Å². The van der Waals surface area contributed by atoms with E-state index in [2.05, 4.69) is 61.5 Å². The van der Waals surface area contributed by atoms with E-state index >= 15 is 0 Å². The fourth-order valence-electron chi connectivity index (χ4n) is 9.17. The summed E-state index contributed by atoms with van der Waals surface area (Å²) in [6.45, 7) is 19.8. The summed E-state index contributed by atoms with van der Waals surface area (Å²) in [6, 6.07) is 0. The number of hydrogen-bond donors (Lipinski definition) is 0. The number of carbonyl (C=O) groups is 1. The molecule has 3 fully saturated rings. The van der Waals surface area contributed by atoms with Crippen LogP contribution in [0.5, 0.6) is 0 Å². The number of rotatable bonds is 2. The molecule has 1 nitrogen and oxygen atoms in total. The molecule has 1 heteroatoms. The lowest BCUT2D eigenvalue weighted by atomic mass is 9.35. The zero-order valence-electron chi connectivity index (χ0n) is 20.5. The van der Waals surface area contributed by atoms with Gasteiger partial charge in [-0.05, 0) is 96.4 Å². The summed E-state index contributed by atoms with van der Waals surface area (Å²) in [5.41, 5.74) is 2.43. The molecule has 0 aliphatic heterocycles. The quantitative estimate of drug-likeness (QED) is 0.463. The molecule has 3 saturated carbocycles. The van der Waals surface area contributed by atoms with Crippen LogP contribution in [0.4, 0.5) is 0 Å². The SMILES string of the molecule is CCC[C@@]1(C)C(C)CC[C@]2(C)C1C(=O)C=C1C3[C@@H](C)[C@H](C)CC[C@]3(C)CC[C@]12C. The topological polar surface area (TPSA) is 17.1 Å². The highest BCUT2D eigenvalue weighted by molar-refractivity contribution is 5.95. The van der Waals surface area contributed by atoms with Gasteiger partial charge in [-0.25, -0.2) is 0 Å². The van der Waals surface area contributed by atoms with Crippen molar-refractivity contribution in [1.82, 2.24) is 0 Å². The maximum absolute atomic E-state index is 14.0. The maximum atomic E-state index is 14.0. The van der Waals surface area contributed by atoms with Gasteiger partial charge in [-0.2, -0.15) is 0 Å². The highest BCUT2D eigenvalue weighted by Crippen LogP contribution is 2.73. The number of hydrogen-bond acceptors (Lipinski definition) is 1. The summed E-state index contributed by atoms with van der Waals surface area (Å²) < 4.78 is 0. The number of carbonyl (C=O) groups excluding carboxylic acids is 1. The van der Waals surface area contributed by atoms with Crippen molar-refractivity contribution in [2.24, 2.45) is 51.2 Å². The van der Waals surface area contributed by atoms with Crippen molar-refractivity contribution in [3.8, 4) is 0 Å². The second-order valence-electron chi connectivity index (χ2n) is 12.9. The molecule has 4 aliphatic carbocycles. The molecule has 0 heterocycles. The Kier molecular flexibility index (Phi) is 5.00. The standard InChI is InChI=1S/C28H46O/c1-9-12-26(6)19(3)11-14-28(8)24(26)22(29)17-21-23-20(4)18(2)10-13-25(23,5)15-16-27(21,28)7/h17-20,23-24H,9-16H2,1-8H3/t18-,19?,20+,23?,24?,25-,26+,27-,28-/m1/s1. The van der Waals surface area contributed by atoms with Crippen molar-refractivity contribution in [3.05, 3.63) is 11.6 Å². The van der Waals surface area contributed by atoms with Crippen LogP contribution in [0, 0.1) is 51.2 Å². The van der Waals surface area contributed by atoms with Crippen molar-refractivity contribution in [2.45, 2.75) is 107 Å². The molecule has 4 rings (SSSR count). The molecule has 164 valence electrons. The van der Waals surface area contributed by atoms with Gasteiger partial charge >= 0.3 is 0 Å². The number of ketones is 1. The van der Waals surface area contributed by atoms with Gasteiger partial charge in [0.15, 0.2) is 5.78 Å². The molecule has 0 spiro atoms. The molecule has 0 aromatic heterocycles. The minimum Gasteiger partial charge on any atom is -0.295 e. The molecule has 0 N–H and O–H groups in total. The molecule has 0 radical (unpaired) electrons. The van der Waals surface area contributed by atoms with Gasteiger partial charge in [0.2, 0.25) is 0 Å². The lowest BCUT2D eigenvalue weighted by Gasteiger charge is -2.68. The molecule has 3 unspecified atom stereocenters. The van der Waals surface area contributed by atoms with Gasteiger partial charge in [0.25, 0.3) is 0 Å². The largest absolute Gasteiger partial charge is 0.295 e. The Morgan fingerprint density at radius 3 is 2.31 bits per heavy atom. The first-order valence-corrected chi connectivity index (χ1v) is 12.7. The van der Waals surface area contributed by atoms with Gasteiger partial charge < -0.3 is 0 Å². The van der Waals surface area contributed by atoms with E-state index < -0.39 is 0 Å². The van der Waals surface area contributed by atoms with Gasteiger partial charge in [-0.15, -0.1) is 0 Å². The first-order chi connectivity index (χ1) is 13.4. The van der Waals surface area contributed by atoms with Crippen LogP contribution in [0.15, 0.2) is 11.6 Å². The molecular weight excluding hydrogens is 352 g/mol. The second kappa shape index (κ2) is 6.70. The van der Waals surface area contributed by atoms with E-state index in [9.17, 15) is 4.79 Å². The lowest BCUT2D eigenvalue weighted by Crippen LogP contribution is -2.63. The molecule has 0 amide bonds. The lowest BCUT2D eigenvalue weighted by molar-refractivity contribution is -0.164. The van der Waals surface area contributed by atoms with E-state index in [0.29, 0.717) is 29.0 Å². The summed E-state index contributed by atoms with van der Waals surface area (Å²) in [5, 5.41) is 0. The van der Waals surface area contributed by atoms with Crippen LogP contribution in [0.3, 0.4) is 0 Å². The normalized spacial score (nSPS) is 54.8. The first kappa shape index (κ1) is 21.6. The third-order valence-electron chi connectivity index (χ3n) is 11.7. The highest BCUT2D eigenvalue weighted by atomic mass is 16.1. The van der Waals surface area contributed by atoms with Crippen LogP contribution < -0.4 is 0 Å². The fraction of sp³-hybridized carbons (Fsp3) is 0.893. The Morgan fingerprint density at radius 1 is 0.966 bits per heavy atom. The summed E-state index contributed by atoms with van der Waals surface area (Å²) >= 11 is 0. The second-order valence-corrected chi connectivity index (χ2v) is 12.9. The minimum atomic E-state index is 0.117. The minimum absolute atomic E-state index is 0.117. The zero-order valence-corrected chi connectivity index (χ0v) is 20.5. The van der Waals surface area contributed by atoms with Crippen LogP contribution in [0.1, 0.15) is 107 Å². The molecular formula is C28H46O. The number of allylic oxidation sites excluding steroid dienone is 2. The molecule has 9 atom stereocenters. The smallest absolute Gasteiger partial charge is 0.159 e. The van der Waals surface area contributed by atoms with Gasteiger partial charge in [0, 0.05) is 5.92 Å². The van der Waals surface area contributed by atoms with E-state index in [-0.39, 0.29) is 22.2 Å². The number of fused-ring (bicyclic) bond motifs is 5. The van der Waals surface area contributed by atoms with E-state index in [1.165, 1.54) is 51.4 Å². The van der Waals surface area contributed by atoms with Crippen LogP contribution in [-0.4, -0.2) is 5.78 Å². The molecule has 0 bridgehead atoms. The van der Waals surface area contributed by atoms with Crippen molar-refractivity contribution in [2.75, 3.05) is 0 Å². The van der Waals surface area contributed by atoms with Gasteiger partial charge in [0.1, 0.15) is 0 Å². The fourth-order valence-corrected chi connectivity index (χ4v) is 9.17. The van der Waals surface area contributed by atoms with Gasteiger partial charge in [-0.1, -0.05) is 67.4 Å². The van der Waals surface area contributed by atoms with Crippen LogP contribution in [0.2, 0.25) is 0 Å². The van der Waals surface area contributed by atoms with Crippen molar-refractivity contribution in [3.63, 3.8) is 0 Å². The summed E-state index contributed by atoms with van der Waals surface area (Å²) in [4.78, 5) is 14.0. The average Bonchev–Trinajstić information content (AvgIpc) is 2.64. The predicted molar refractivity (Wildman–Crippen MR) is 123 cm³/mol. The van der Waals surface area contributed by atoms with Gasteiger partial charge in [0.05, 0.1) is 0 Å². The van der Waals surface area contributed by atoms with E-state index in [0.717, 1.165) is 5.92 Å².